The number of halogens is 1. The zero-order chi connectivity index (χ0) is 21.3. The molecule has 0 bridgehead atoms. The summed E-state index contributed by atoms with van der Waals surface area (Å²) >= 11 is 2.19. The van der Waals surface area contributed by atoms with E-state index >= 15 is 0 Å². The highest BCUT2D eigenvalue weighted by Gasteiger charge is 2.17. The number of phenols is 1. The second-order valence-corrected chi connectivity index (χ2v) is 9.74. The highest BCUT2D eigenvalue weighted by atomic mass is 127. The Morgan fingerprint density at radius 3 is 2.23 bits per heavy atom. The van der Waals surface area contributed by atoms with Crippen LogP contribution >= 0.6 is 22.6 Å². The number of benzene rings is 1. The Labute approximate surface area is 198 Å². The molecule has 168 valence electrons. The largest absolute Gasteiger partial charge is 0.508 e. The molecule has 1 heterocycles. The first kappa shape index (κ1) is 25.4. The Morgan fingerprint density at radius 1 is 0.767 bits per heavy atom. The molecule has 1 aliphatic heterocycles. The molecule has 1 N–H and O–H groups in total. The zero-order valence-electron chi connectivity index (χ0n) is 18.7. The van der Waals surface area contributed by atoms with Crippen LogP contribution in [0.15, 0.2) is 41.4 Å². The average Bonchev–Trinajstić information content (AvgIpc) is 2.86. The third kappa shape index (κ3) is 12.1. The predicted molar refractivity (Wildman–Crippen MR) is 139 cm³/mol. The minimum atomic E-state index is 0.324. The number of rotatable bonds is 1. The maximum absolute atomic E-state index is 8.75. The van der Waals surface area contributed by atoms with E-state index in [0.717, 1.165) is 16.2 Å². The first-order chi connectivity index (χ1) is 14.8. The molecule has 1 aromatic carbocycles. The van der Waals surface area contributed by atoms with Gasteiger partial charge in [-0.15, -0.1) is 0 Å². The molecular weight excluding hydrogens is 483 g/mol. The standard InChI is InChI=1S/C20H36N2.C6H5IO/c1-2-4-6-10-15-20(14-9-5-3-1)22-18-12-8-7-11-16-21-17-13-19-22;7-5-1-3-6(8)4-2-5/h1,3,16,20H,2,4-15,17-19H2;1-4,8H. The van der Waals surface area contributed by atoms with E-state index in [1.807, 2.05) is 12.1 Å². The van der Waals surface area contributed by atoms with E-state index < -0.39 is 0 Å². The summed E-state index contributed by atoms with van der Waals surface area (Å²) < 4.78 is 1.14. The van der Waals surface area contributed by atoms with Crippen LogP contribution in [0.1, 0.15) is 83.5 Å². The van der Waals surface area contributed by atoms with Gasteiger partial charge < -0.3 is 10.0 Å². The number of allylic oxidation sites excluding steroid dienone is 2. The van der Waals surface area contributed by atoms with Crippen molar-refractivity contribution < 1.29 is 5.11 Å². The number of aromatic hydroxyl groups is 1. The minimum Gasteiger partial charge on any atom is -0.508 e. The van der Waals surface area contributed by atoms with E-state index in [0.29, 0.717) is 5.75 Å². The molecule has 30 heavy (non-hydrogen) atoms. The molecule has 0 aromatic heterocycles. The van der Waals surface area contributed by atoms with Gasteiger partial charge in [-0.3, -0.25) is 4.99 Å². The molecule has 1 unspecified atom stereocenters. The molecular formula is C26H41IN2O. The van der Waals surface area contributed by atoms with Gasteiger partial charge in [0, 0.05) is 22.7 Å². The van der Waals surface area contributed by atoms with Crippen LogP contribution in [0.5, 0.6) is 5.75 Å². The lowest BCUT2D eigenvalue weighted by Gasteiger charge is -2.32. The van der Waals surface area contributed by atoms with Crippen LogP contribution in [0.4, 0.5) is 0 Å². The van der Waals surface area contributed by atoms with Crippen LogP contribution in [0.25, 0.3) is 0 Å². The normalized spacial score (nSPS) is 22.8. The van der Waals surface area contributed by atoms with Crippen molar-refractivity contribution in [3.63, 3.8) is 0 Å². The van der Waals surface area contributed by atoms with E-state index in [1.54, 1.807) is 12.1 Å². The van der Waals surface area contributed by atoms with Crippen LogP contribution in [0, 0.1) is 3.57 Å². The minimum absolute atomic E-state index is 0.324. The van der Waals surface area contributed by atoms with Crippen molar-refractivity contribution in [1.29, 1.82) is 0 Å². The summed E-state index contributed by atoms with van der Waals surface area (Å²) in [6, 6.07) is 7.88. The Kier molecular flexibility index (Phi) is 14.2. The number of phenolic OH excluding ortho intramolecular Hbond substituents is 1. The monoisotopic (exact) mass is 524 g/mol. The first-order valence-corrected chi connectivity index (χ1v) is 13.2. The molecule has 3 rings (SSSR count). The fourth-order valence-corrected chi connectivity index (χ4v) is 4.59. The summed E-state index contributed by atoms with van der Waals surface area (Å²) in [5, 5.41) is 8.75. The van der Waals surface area contributed by atoms with Crippen LogP contribution in [0.2, 0.25) is 0 Å². The summed E-state index contributed by atoms with van der Waals surface area (Å²) in [7, 11) is 0. The van der Waals surface area contributed by atoms with Gasteiger partial charge in [-0.05, 0) is 124 Å². The van der Waals surface area contributed by atoms with Crippen LogP contribution in [-0.2, 0) is 0 Å². The molecule has 0 amide bonds. The van der Waals surface area contributed by atoms with Crippen molar-refractivity contribution in [3.05, 3.63) is 40.0 Å². The van der Waals surface area contributed by atoms with Gasteiger partial charge in [-0.1, -0.05) is 31.4 Å². The Balaban J connectivity index is 0.000000335. The molecule has 4 heteroatoms. The summed E-state index contributed by atoms with van der Waals surface area (Å²) in [6.45, 7) is 3.62. The maximum atomic E-state index is 8.75. The highest BCUT2D eigenvalue weighted by Crippen LogP contribution is 2.20. The SMILES string of the molecule is C1=CCCCC(N2CCCCCC=NCCC2)CCCCC1.Oc1ccc(I)cc1. The number of aliphatic imine (C=N–C) groups is 1. The summed E-state index contributed by atoms with van der Waals surface area (Å²) in [4.78, 5) is 7.39. The highest BCUT2D eigenvalue weighted by molar-refractivity contribution is 14.1. The van der Waals surface area contributed by atoms with Gasteiger partial charge in [0.15, 0.2) is 0 Å². The summed E-state index contributed by atoms with van der Waals surface area (Å²) in [5.41, 5.74) is 0. The lowest BCUT2D eigenvalue weighted by molar-refractivity contribution is 0.167. The van der Waals surface area contributed by atoms with Crippen molar-refractivity contribution in [1.82, 2.24) is 4.90 Å². The van der Waals surface area contributed by atoms with Gasteiger partial charge in [0.1, 0.15) is 5.75 Å². The van der Waals surface area contributed by atoms with Crippen LogP contribution in [-0.4, -0.2) is 41.9 Å². The molecule has 0 saturated heterocycles. The second kappa shape index (κ2) is 16.8. The van der Waals surface area contributed by atoms with E-state index in [1.165, 1.54) is 96.6 Å². The van der Waals surface area contributed by atoms with E-state index in [2.05, 4.69) is 50.8 Å². The topological polar surface area (TPSA) is 35.8 Å². The summed E-state index contributed by atoms with van der Waals surface area (Å²) in [6.07, 6.45) is 24.5. The molecule has 1 aromatic rings. The fraction of sp³-hybridized carbons (Fsp3) is 0.654. The van der Waals surface area contributed by atoms with Gasteiger partial charge in [0.2, 0.25) is 0 Å². The van der Waals surface area contributed by atoms with Crippen molar-refractivity contribution in [2.75, 3.05) is 19.6 Å². The number of hydrogen-bond donors (Lipinski definition) is 1. The third-order valence-corrected chi connectivity index (χ3v) is 6.69. The van der Waals surface area contributed by atoms with Crippen molar-refractivity contribution >= 4 is 28.8 Å². The number of nitrogens with zero attached hydrogens (tertiary/aromatic N) is 2. The van der Waals surface area contributed by atoms with Gasteiger partial charge in [-0.2, -0.15) is 0 Å². The van der Waals surface area contributed by atoms with Crippen molar-refractivity contribution in [2.24, 2.45) is 4.99 Å². The molecule has 1 aliphatic carbocycles. The maximum Gasteiger partial charge on any atom is 0.115 e. The van der Waals surface area contributed by atoms with Gasteiger partial charge in [-0.25, -0.2) is 0 Å². The molecule has 2 aliphatic rings. The van der Waals surface area contributed by atoms with Gasteiger partial charge in [0.25, 0.3) is 0 Å². The van der Waals surface area contributed by atoms with Crippen LogP contribution in [0.3, 0.4) is 0 Å². The Hall–Kier alpha value is -0.880. The Bertz CT molecular complexity index is 547. The zero-order valence-corrected chi connectivity index (χ0v) is 20.8. The molecule has 0 saturated carbocycles. The van der Waals surface area contributed by atoms with Gasteiger partial charge in [0.05, 0.1) is 0 Å². The predicted octanol–water partition coefficient (Wildman–Crippen LogP) is 7.38. The Morgan fingerprint density at radius 2 is 1.43 bits per heavy atom. The first-order valence-electron chi connectivity index (χ1n) is 12.1. The van der Waals surface area contributed by atoms with E-state index in [4.69, 9.17) is 5.11 Å². The van der Waals surface area contributed by atoms with E-state index in [-0.39, 0.29) is 0 Å². The van der Waals surface area contributed by atoms with Gasteiger partial charge >= 0.3 is 0 Å². The lowest BCUT2D eigenvalue weighted by Crippen LogP contribution is -2.37. The third-order valence-electron chi connectivity index (χ3n) is 5.97. The van der Waals surface area contributed by atoms with Crippen molar-refractivity contribution in [2.45, 2.75) is 89.5 Å². The van der Waals surface area contributed by atoms with E-state index in [9.17, 15) is 0 Å². The fourth-order valence-electron chi connectivity index (χ4n) is 4.23. The molecule has 3 nitrogen and oxygen atoms in total. The smallest absolute Gasteiger partial charge is 0.115 e. The quantitative estimate of drug-likeness (QED) is 0.307. The molecule has 0 spiro atoms. The van der Waals surface area contributed by atoms with Crippen LogP contribution < -0.4 is 0 Å². The number of hydrogen-bond acceptors (Lipinski definition) is 3. The molecule has 0 fully saturated rings. The van der Waals surface area contributed by atoms with Crippen molar-refractivity contribution in [3.8, 4) is 5.75 Å². The molecule has 1 atom stereocenters. The molecule has 0 radical (unpaired) electrons. The lowest BCUT2D eigenvalue weighted by atomic mass is 10.00. The summed E-state index contributed by atoms with van der Waals surface area (Å²) in [5.74, 6) is 0.324. The second-order valence-electron chi connectivity index (χ2n) is 8.50. The average molecular weight is 525 g/mol.